The molecule has 1 unspecified atom stereocenters. The van der Waals surface area contributed by atoms with E-state index in [4.69, 9.17) is 4.52 Å². The standard InChI is InChI=1S/C24H25N3O3/c1-24(19-11-6-3-7-12-19)13-8-14-27(17-24)22(28)16-25-23(29)20-15-21(30-26-20)18-9-4-2-5-10-18/h2-7,9-12,15H,8,13-14,16-17H2,1H3,(H,25,29). The highest BCUT2D eigenvalue weighted by Gasteiger charge is 2.34. The molecular formula is C24H25N3O3. The lowest BCUT2D eigenvalue weighted by atomic mass is 9.76. The number of carbonyl (C=O) groups is 2. The number of nitrogens with zero attached hydrogens (tertiary/aromatic N) is 2. The van der Waals surface area contributed by atoms with Gasteiger partial charge in [-0.15, -0.1) is 0 Å². The Hall–Kier alpha value is -3.41. The zero-order valence-electron chi connectivity index (χ0n) is 17.0. The molecule has 6 heteroatoms. The number of rotatable bonds is 5. The van der Waals surface area contributed by atoms with Crippen LogP contribution in [0.15, 0.2) is 71.3 Å². The van der Waals surface area contributed by atoms with E-state index < -0.39 is 5.91 Å². The van der Waals surface area contributed by atoms with E-state index >= 15 is 0 Å². The Labute approximate surface area is 175 Å². The third-order valence-electron chi connectivity index (χ3n) is 5.72. The Morgan fingerprint density at radius 2 is 1.80 bits per heavy atom. The molecule has 1 fully saturated rings. The molecule has 2 amide bonds. The van der Waals surface area contributed by atoms with Gasteiger partial charge in [-0.3, -0.25) is 9.59 Å². The van der Waals surface area contributed by atoms with Gasteiger partial charge in [0.25, 0.3) is 5.91 Å². The first-order chi connectivity index (χ1) is 14.5. The Morgan fingerprint density at radius 1 is 1.10 bits per heavy atom. The van der Waals surface area contributed by atoms with Gasteiger partial charge < -0.3 is 14.7 Å². The number of nitrogens with one attached hydrogen (secondary N) is 1. The van der Waals surface area contributed by atoms with E-state index in [1.54, 1.807) is 6.07 Å². The lowest BCUT2D eigenvalue weighted by Crippen LogP contribution is -2.50. The molecule has 0 radical (unpaired) electrons. The van der Waals surface area contributed by atoms with E-state index in [0.717, 1.165) is 18.4 Å². The van der Waals surface area contributed by atoms with Gasteiger partial charge in [0.05, 0.1) is 6.54 Å². The summed E-state index contributed by atoms with van der Waals surface area (Å²) < 4.78 is 5.27. The van der Waals surface area contributed by atoms with E-state index in [1.807, 2.05) is 53.4 Å². The first kappa shape index (κ1) is 19.9. The van der Waals surface area contributed by atoms with Gasteiger partial charge in [-0.1, -0.05) is 72.7 Å². The molecule has 6 nitrogen and oxygen atoms in total. The summed E-state index contributed by atoms with van der Waals surface area (Å²) in [6, 6.07) is 21.3. The molecule has 1 atom stereocenters. The smallest absolute Gasteiger partial charge is 0.273 e. The molecule has 1 saturated heterocycles. The minimum atomic E-state index is -0.419. The Morgan fingerprint density at radius 3 is 2.53 bits per heavy atom. The fraction of sp³-hybridized carbons (Fsp3) is 0.292. The fourth-order valence-corrected chi connectivity index (χ4v) is 4.01. The van der Waals surface area contributed by atoms with Gasteiger partial charge in [-0.05, 0) is 18.4 Å². The fourth-order valence-electron chi connectivity index (χ4n) is 4.01. The van der Waals surface area contributed by atoms with Gasteiger partial charge in [0.2, 0.25) is 5.91 Å². The van der Waals surface area contributed by atoms with Crippen LogP contribution in [0.4, 0.5) is 0 Å². The highest BCUT2D eigenvalue weighted by molar-refractivity contribution is 5.95. The van der Waals surface area contributed by atoms with Crippen molar-refractivity contribution in [2.75, 3.05) is 19.6 Å². The molecule has 1 aliphatic rings. The van der Waals surface area contributed by atoms with Crippen molar-refractivity contribution < 1.29 is 14.1 Å². The van der Waals surface area contributed by atoms with E-state index in [1.165, 1.54) is 5.56 Å². The summed E-state index contributed by atoms with van der Waals surface area (Å²) in [5.74, 6) is 0.0100. The van der Waals surface area contributed by atoms with Crippen molar-refractivity contribution in [3.05, 3.63) is 78.0 Å². The first-order valence-electron chi connectivity index (χ1n) is 10.2. The van der Waals surface area contributed by atoms with E-state index in [0.29, 0.717) is 18.8 Å². The van der Waals surface area contributed by atoms with Crippen LogP contribution in [-0.4, -0.2) is 41.5 Å². The second-order valence-corrected chi connectivity index (χ2v) is 7.97. The van der Waals surface area contributed by atoms with Crippen molar-refractivity contribution in [3.8, 4) is 11.3 Å². The van der Waals surface area contributed by atoms with Gasteiger partial charge in [0.1, 0.15) is 0 Å². The summed E-state index contributed by atoms with van der Waals surface area (Å²) in [5, 5.41) is 6.51. The summed E-state index contributed by atoms with van der Waals surface area (Å²) in [6.07, 6.45) is 1.98. The molecule has 0 spiro atoms. The maximum atomic E-state index is 12.7. The number of likely N-dealkylation sites (tertiary alicyclic amines) is 1. The molecule has 154 valence electrons. The number of hydrogen-bond donors (Lipinski definition) is 1. The van der Waals surface area contributed by atoms with Crippen molar-refractivity contribution in [2.24, 2.45) is 0 Å². The molecule has 1 N–H and O–H groups in total. The molecule has 0 bridgehead atoms. The van der Waals surface area contributed by atoms with Crippen LogP contribution in [0.2, 0.25) is 0 Å². The number of benzene rings is 2. The zero-order chi connectivity index (χ0) is 21.0. The number of hydrogen-bond acceptors (Lipinski definition) is 4. The SMILES string of the molecule is CC1(c2ccccc2)CCCN(C(=O)CNC(=O)c2cc(-c3ccccc3)on2)C1. The summed E-state index contributed by atoms with van der Waals surface area (Å²) >= 11 is 0. The van der Waals surface area contributed by atoms with Crippen LogP contribution in [0.5, 0.6) is 0 Å². The maximum Gasteiger partial charge on any atom is 0.273 e. The largest absolute Gasteiger partial charge is 0.355 e. The second-order valence-electron chi connectivity index (χ2n) is 7.97. The van der Waals surface area contributed by atoms with Crippen LogP contribution < -0.4 is 5.32 Å². The van der Waals surface area contributed by atoms with Crippen molar-refractivity contribution >= 4 is 11.8 Å². The Bertz CT molecular complexity index is 1020. The van der Waals surface area contributed by atoms with Crippen molar-refractivity contribution in [1.29, 1.82) is 0 Å². The minimum absolute atomic E-state index is 0.0583. The first-order valence-corrected chi connectivity index (χ1v) is 10.2. The molecular weight excluding hydrogens is 378 g/mol. The van der Waals surface area contributed by atoms with Crippen molar-refractivity contribution in [2.45, 2.75) is 25.2 Å². The topological polar surface area (TPSA) is 75.4 Å². The molecule has 2 aromatic carbocycles. The summed E-state index contributed by atoms with van der Waals surface area (Å²) in [7, 11) is 0. The van der Waals surface area contributed by atoms with Gasteiger partial charge in [0.15, 0.2) is 11.5 Å². The molecule has 1 aliphatic heterocycles. The third-order valence-corrected chi connectivity index (χ3v) is 5.72. The van der Waals surface area contributed by atoms with Gasteiger partial charge in [0, 0.05) is 30.1 Å². The maximum absolute atomic E-state index is 12.7. The molecule has 30 heavy (non-hydrogen) atoms. The Kier molecular flexibility index (Phi) is 5.65. The van der Waals surface area contributed by atoms with Gasteiger partial charge in [-0.25, -0.2) is 0 Å². The second kappa shape index (κ2) is 8.53. The average molecular weight is 403 g/mol. The molecule has 4 rings (SSSR count). The van der Waals surface area contributed by atoms with Crippen LogP contribution in [0.25, 0.3) is 11.3 Å². The minimum Gasteiger partial charge on any atom is -0.355 e. The highest BCUT2D eigenvalue weighted by atomic mass is 16.5. The number of carbonyl (C=O) groups excluding carboxylic acids is 2. The van der Waals surface area contributed by atoms with Gasteiger partial charge in [-0.2, -0.15) is 0 Å². The van der Waals surface area contributed by atoms with Crippen LogP contribution in [0.3, 0.4) is 0 Å². The quantitative estimate of drug-likeness (QED) is 0.706. The molecule has 2 heterocycles. The van der Waals surface area contributed by atoms with Crippen LogP contribution in [-0.2, 0) is 10.2 Å². The van der Waals surface area contributed by atoms with Gasteiger partial charge >= 0.3 is 0 Å². The summed E-state index contributed by atoms with van der Waals surface area (Å²) in [6.45, 7) is 3.49. The predicted molar refractivity (Wildman–Crippen MR) is 114 cm³/mol. The number of amides is 2. The third kappa shape index (κ3) is 4.27. The van der Waals surface area contributed by atoms with Crippen molar-refractivity contribution in [1.82, 2.24) is 15.4 Å². The molecule has 0 aliphatic carbocycles. The monoisotopic (exact) mass is 403 g/mol. The van der Waals surface area contributed by atoms with E-state index in [2.05, 4.69) is 29.5 Å². The lowest BCUT2D eigenvalue weighted by Gasteiger charge is -2.41. The number of piperidine rings is 1. The molecule has 1 aromatic heterocycles. The molecule has 3 aromatic rings. The zero-order valence-corrected chi connectivity index (χ0v) is 17.0. The van der Waals surface area contributed by atoms with Crippen LogP contribution >= 0.6 is 0 Å². The van der Waals surface area contributed by atoms with Crippen LogP contribution in [0, 0.1) is 0 Å². The highest BCUT2D eigenvalue weighted by Crippen LogP contribution is 2.33. The van der Waals surface area contributed by atoms with Crippen LogP contribution in [0.1, 0.15) is 35.8 Å². The van der Waals surface area contributed by atoms with Crippen molar-refractivity contribution in [3.63, 3.8) is 0 Å². The van der Waals surface area contributed by atoms with E-state index in [9.17, 15) is 9.59 Å². The Balaban J connectivity index is 1.35. The molecule has 0 saturated carbocycles. The lowest BCUT2D eigenvalue weighted by molar-refractivity contribution is -0.132. The normalized spacial score (nSPS) is 18.8. The summed E-state index contributed by atoms with van der Waals surface area (Å²) in [5.41, 5.74) is 2.17. The van der Waals surface area contributed by atoms with E-state index in [-0.39, 0.29) is 23.6 Å². The average Bonchev–Trinajstić information content (AvgIpc) is 3.29. The number of aromatic nitrogens is 1. The predicted octanol–water partition coefficient (Wildman–Crippen LogP) is 3.65. The summed E-state index contributed by atoms with van der Waals surface area (Å²) in [4.78, 5) is 27.0.